The number of rotatable bonds is 3. The number of amides is 1. The normalized spacial score (nSPS) is 17.4. The van der Waals surface area contributed by atoms with E-state index < -0.39 is 12.1 Å². The van der Waals surface area contributed by atoms with Gasteiger partial charge in [-0.15, -0.1) is 11.3 Å². The maximum atomic E-state index is 11.5. The van der Waals surface area contributed by atoms with Gasteiger partial charge in [0.25, 0.3) is 0 Å². The lowest BCUT2D eigenvalue weighted by atomic mass is 10.1. The third kappa shape index (κ3) is 5.60. The fraction of sp³-hybridized carbons (Fsp3) is 0.450. The van der Waals surface area contributed by atoms with E-state index in [1.54, 1.807) is 11.3 Å². The Kier molecular flexibility index (Phi) is 6.97. The first kappa shape index (κ1) is 23.2. The van der Waals surface area contributed by atoms with Crippen molar-refractivity contribution < 1.29 is 27.9 Å². The van der Waals surface area contributed by atoms with Crippen LogP contribution in [0.2, 0.25) is 0 Å². The van der Waals surface area contributed by atoms with Crippen molar-refractivity contribution in [3.8, 4) is 11.3 Å². The van der Waals surface area contributed by atoms with Crippen LogP contribution in [0.25, 0.3) is 11.3 Å². The average molecular weight is 456 g/mol. The molecule has 0 saturated carbocycles. The molecular formula is C20H23F3N4O3S. The third-order valence-electron chi connectivity index (χ3n) is 5.12. The zero-order valence-electron chi connectivity index (χ0n) is 17.0. The number of carbonyl (C=O) groups excluding carboxylic acids is 1. The Balaban J connectivity index is 0.000000339. The van der Waals surface area contributed by atoms with E-state index in [1.165, 1.54) is 9.88 Å². The molecule has 1 atom stereocenters. The quantitative estimate of drug-likeness (QED) is 0.657. The smallest absolute Gasteiger partial charge is 0.475 e. The van der Waals surface area contributed by atoms with E-state index in [0.717, 1.165) is 48.7 Å². The van der Waals surface area contributed by atoms with Gasteiger partial charge < -0.3 is 15.7 Å². The minimum Gasteiger partial charge on any atom is -0.475 e. The van der Waals surface area contributed by atoms with Crippen LogP contribution >= 0.6 is 11.3 Å². The summed E-state index contributed by atoms with van der Waals surface area (Å²) in [6.07, 6.45) is -4.61. The summed E-state index contributed by atoms with van der Waals surface area (Å²) in [5.41, 5.74) is 4.17. The third-order valence-corrected chi connectivity index (χ3v) is 6.26. The Morgan fingerprint density at radius 3 is 2.55 bits per heavy atom. The minimum absolute atomic E-state index is 0.0742. The second-order valence-corrected chi connectivity index (χ2v) is 8.55. The summed E-state index contributed by atoms with van der Waals surface area (Å²) in [6, 6.07) is 6.51. The van der Waals surface area contributed by atoms with Gasteiger partial charge in [-0.1, -0.05) is 6.07 Å². The molecule has 0 spiro atoms. The first-order valence-corrected chi connectivity index (χ1v) is 10.5. The highest BCUT2D eigenvalue weighted by Crippen LogP contribution is 2.35. The van der Waals surface area contributed by atoms with Crippen molar-refractivity contribution in [2.75, 3.05) is 31.5 Å². The number of aliphatic carboxylic acids is 1. The molecule has 2 aromatic rings. The predicted molar refractivity (Wildman–Crippen MR) is 111 cm³/mol. The lowest BCUT2D eigenvalue weighted by Gasteiger charge is -2.31. The van der Waals surface area contributed by atoms with Gasteiger partial charge >= 0.3 is 12.1 Å². The fourth-order valence-electron chi connectivity index (χ4n) is 3.47. The molecule has 31 heavy (non-hydrogen) atoms. The summed E-state index contributed by atoms with van der Waals surface area (Å²) >= 11 is 1.79. The highest BCUT2D eigenvalue weighted by Gasteiger charge is 2.38. The van der Waals surface area contributed by atoms with E-state index in [4.69, 9.17) is 14.9 Å². The molecule has 1 aromatic carbocycles. The van der Waals surface area contributed by atoms with Crippen LogP contribution in [0, 0.1) is 6.92 Å². The number of fused-ring (bicyclic) bond motifs is 1. The molecule has 0 radical (unpaired) electrons. The molecule has 3 N–H and O–H groups in total. The molecule has 3 heterocycles. The standard InChI is InChI=1S/C18H22N4OS.C2HF3O2/c1-11(22-7-5-19-6-8-22)18-21-17(12(2)24-18)13-3-4-15-14(9-13)10-16(23)20-15;3-2(4,5)1(6)7/h3-4,9,11,19H,5-8,10H2,1-2H3,(H,20,23);(H,6,7). The SMILES string of the molecule is Cc1sc(C(C)N2CCNCC2)nc1-c1ccc2c(c1)CC(=O)N2.O=C(O)C(F)(F)F. The number of anilines is 1. The van der Waals surface area contributed by atoms with Crippen molar-refractivity contribution in [3.05, 3.63) is 33.6 Å². The van der Waals surface area contributed by atoms with Crippen molar-refractivity contribution in [3.63, 3.8) is 0 Å². The van der Waals surface area contributed by atoms with Gasteiger partial charge in [0.1, 0.15) is 5.01 Å². The Bertz CT molecular complexity index is 971. The molecule has 168 valence electrons. The average Bonchev–Trinajstić information content (AvgIpc) is 3.28. The number of hydrogen-bond donors (Lipinski definition) is 3. The number of carboxylic acids is 1. The van der Waals surface area contributed by atoms with E-state index in [9.17, 15) is 18.0 Å². The zero-order valence-corrected chi connectivity index (χ0v) is 17.9. The van der Waals surface area contributed by atoms with Crippen molar-refractivity contribution >= 4 is 28.9 Å². The van der Waals surface area contributed by atoms with E-state index in [-0.39, 0.29) is 5.91 Å². The van der Waals surface area contributed by atoms with Gasteiger partial charge in [0.15, 0.2) is 0 Å². The molecule has 1 unspecified atom stereocenters. The number of carboxylic acid groups (broad SMARTS) is 1. The maximum absolute atomic E-state index is 11.5. The number of piperazine rings is 1. The molecule has 0 aliphatic carbocycles. The summed E-state index contributed by atoms with van der Waals surface area (Å²) in [5.74, 6) is -2.68. The molecule has 11 heteroatoms. The summed E-state index contributed by atoms with van der Waals surface area (Å²) in [6.45, 7) is 8.63. The first-order chi connectivity index (χ1) is 14.6. The van der Waals surface area contributed by atoms with Gasteiger partial charge in [-0.2, -0.15) is 13.2 Å². The van der Waals surface area contributed by atoms with Crippen LogP contribution in [0.3, 0.4) is 0 Å². The number of benzene rings is 1. The number of hydrogen-bond acceptors (Lipinski definition) is 6. The summed E-state index contributed by atoms with van der Waals surface area (Å²) in [5, 5.41) is 14.6. The van der Waals surface area contributed by atoms with Crippen LogP contribution in [0.5, 0.6) is 0 Å². The molecule has 1 fully saturated rings. The van der Waals surface area contributed by atoms with Gasteiger partial charge in [-0.3, -0.25) is 9.69 Å². The lowest BCUT2D eigenvalue weighted by molar-refractivity contribution is -0.192. The van der Waals surface area contributed by atoms with E-state index in [0.29, 0.717) is 12.5 Å². The summed E-state index contributed by atoms with van der Waals surface area (Å²) < 4.78 is 31.7. The van der Waals surface area contributed by atoms with E-state index in [2.05, 4.69) is 41.5 Å². The van der Waals surface area contributed by atoms with Gasteiger partial charge in [-0.25, -0.2) is 9.78 Å². The molecule has 2 aliphatic rings. The summed E-state index contributed by atoms with van der Waals surface area (Å²) in [4.78, 5) is 29.1. The number of aryl methyl sites for hydroxylation is 1. The van der Waals surface area contributed by atoms with Gasteiger partial charge in [-0.05, 0) is 31.5 Å². The molecule has 1 amide bonds. The second-order valence-electron chi connectivity index (χ2n) is 7.32. The van der Waals surface area contributed by atoms with Crippen LogP contribution in [-0.4, -0.2) is 59.2 Å². The lowest BCUT2D eigenvalue weighted by Crippen LogP contribution is -2.44. The molecule has 2 aliphatic heterocycles. The molecule has 0 bridgehead atoms. The minimum atomic E-state index is -5.08. The predicted octanol–water partition coefficient (Wildman–Crippen LogP) is 3.21. The second kappa shape index (κ2) is 9.33. The molecule has 1 saturated heterocycles. The molecule has 1 aromatic heterocycles. The Labute approximate surface area is 181 Å². The largest absolute Gasteiger partial charge is 0.490 e. The van der Waals surface area contributed by atoms with Crippen molar-refractivity contribution in [2.45, 2.75) is 32.5 Å². The van der Waals surface area contributed by atoms with Crippen LogP contribution in [0.4, 0.5) is 18.9 Å². The van der Waals surface area contributed by atoms with Crippen molar-refractivity contribution in [2.24, 2.45) is 0 Å². The number of alkyl halides is 3. The monoisotopic (exact) mass is 456 g/mol. The number of carbonyl (C=O) groups is 2. The molecule has 7 nitrogen and oxygen atoms in total. The van der Waals surface area contributed by atoms with Crippen LogP contribution < -0.4 is 10.6 Å². The fourth-order valence-corrected chi connectivity index (χ4v) is 4.50. The van der Waals surface area contributed by atoms with Crippen LogP contribution in [0.15, 0.2) is 18.2 Å². The Morgan fingerprint density at radius 1 is 1.29 bits per heavy atom. The highest BCUT2D eigenvalue weighted by atomic mass is 32.1. The highest BCUT2D eigenvalue weighted by molar-refractivity contribution is 7.12. The number of thiazole rings is 1. The van der Waals surface area contributed by atoms with Gasteiger partial charge in [0.05, 0.1) is 18.2 Å². The number of nitrogens with one attached hydrogen (secondary N) is 2. The number of halogens is 3. The molecular weight excluding hydrogens is 433 g/mol. The van der Waals surface area contributed by atoms with Crippen molar-refractivity contribution in [1.82, 2.24) is 15.2 Å². The molecule has 4 rings (SSSR count). The number of aromatic nitrogens is 1. The zero-order chi connectivity index (χ0) is 22.8. The van der Waals surface area contributed by atoms with Crippen LogP contribution in [-0.2, 0) is 16.0 Å². The topological polar surface area (TPSA) is 94.6 Å². The van der Waals surface area contributed by atoms with Gasteiger partial charge in [0, 0.05) is 42.3 Å². The number of nitrogens with zero attached hydrogens (tertiary/aromatic N) is 2. The Hall–Kier alpha value is -2.50. The van der Waals surface area contributed by atoms with Crippen LogP contribution in [0.1, 0.15) is 28.4 Å². The van der Waals surface area contributed by atoms with E-state index >= 15 is 0 Å². The van der Waals surface area contributed by atoms with Gasteiger partial charge in [0.2, 0.25) is 5.91 Å². The van der Waals surface area contributed by atoms with E-state index in [1.807, 2.05) is 6.07 Å². The maximum Gasteiger partial charge on any atom is 0.490 e. The summed E-state index contributed by atoms with van der Waals surface area (Å²) in [7, 11) is 0. The first-order valence-electron chi connectivity index (χ1n) is 9.71. The van der Waals surface area contributed by atoms with Crippen molar-refractivity contribution in [1.29, 1.82) is 0 Å². The Morgan fingerprint density at radius 2 is 1.94 bits per heavy atom.